The van der Waals surface area contributed by atoms with Crippen molar-refractivity contribution in [3.8, 4) is 0 Å². The lowest BCUT2D eigenvalue weighted by atomic mass is 10.1. The molecule has 4 rings (SSSR count). The number of alkyl halides is 1. The monoisotopic (exact) mass is 640 g/mol. The molecule has 2 aromatic heterocycles. The van der Waals surface area contributed by atoms with Crippen molar-refractivity contribution in [1.29, 1.82) is 0 Å². The first-order chi connectivity index (χ1) is 19.7. The van der Waals surface area contributed by atoms with Gasteiger partial charge in [-0.2, -0.15) is 13.1 Å². The van der Waals surface area contributed by atoms with Crippen LogP contribution in [0.25, 0.3) is 0 Å². The maximum atomic E-state index is 15.1. The minimum atomic E-state index is -4.58. The van der Waals surface area contributed by atoms with Crippen LogP contribution in [0.4, 0.5) is 15.0 Å². The Morgan fingerprint density at radius 3 is 2.64 bits per heavy atom. The number of ether oxygens (including phenoxy) is 1. The lowest BCUT2D eigenvalue weighted by Gasteiger charge is -2.20. The number of nitrogens with one attached hydrogen (secondary N) is 2. The van der Waals surface area contributed by atoms with Crippen LogP contribution >= 0.6 is 22.9 Å². The number of halogens is 2. The summed E-state index contributed by atoms with van der Waals surface area (Å²) in [5, 5.41) is 13.3. The van der Waals surface area contributed by atoms with Gasteiger partial charge in [0.2, 0.25) is 5.78 Å². The number of amides is 1. The summed E-state index contributed by atoms with van der Waals surface area (Å²) in [5.74, 6) is -1.33. The molecule has 1 fully saturated rings. The molecular weight excluding hydrogens is 611 g/mol. The second-order valence-electron chi connectivity index (χ2n) is 10.7. The standard InChI is InChI=1S/C27H30ClFN4O7S2/c1-27(2,3)40-26(36)33-42(37,38)39-13-17-10-19(21(29)22(17)34)32-25-18(12-30-14-31-25)23(35)20-11-16(24(28)41-20)9-15-7-5-4-6-8-15/h4-8,11-12,14,17,19,21-22,34H,9-10,13H2,1-3H3,(H,33,36)(H,30,31,32)/t17-,19-,21-,22-/m1/s1. The molecule has 11 nitrogen and oxygen atoms in total. The number of aliphatic hydroxyl groups excluding tert-OH is 1. The number of nitrogens with zero attached hydrogens (tertiary/aromatic N) is 2. The van der Waals surface area contributed by atoms with E-state index < -0.39 is 58.6 Å². The maximum Gasteiger partial charge on any atom is 0.423 e. The van der Waals surface area contributed by atoms with E-state index in [2.05, 4.69) is 15.3 Å². The number of aromatic nitrogens is 2. The third kappa shape index (κ3) is 8.22. The predicted octanol–water partition coefficient (Wildman–Crippen LogP) is 4.30. The first-order valence-corrected chi connectivity index (χ1v) is 15.5. The van der Waals surface area contributed by atoms with Crippen LogP contribution in [0.1, 0.15) is 53.6 Å². The van der Waals surface area contributed by atoms with Crippen LogP contribution in [0, 0.1) is 5.92 Å². The highest BCUT2D eigenvalue weighted by Gasteiger charge is 2.44. The van der Waals surface area contributed by atoms with E-state index in [4.69, 9.17) is 20.5 Å². The summed E-state index contributed by atoms with van der Waals surface area (Å²) in [6, 6.07) is 10.3. The summed E-state index contributed by atoms with van der Waals surface area (Å²) in [7, 11) is -4.58. The van der Waals surface area contributed by atoms with Gasteiger partial charge in [-0.25, -0.2) is 19.2 Å². The molecule has 1 saturated carbocycles. The Hall–Kier alpha value is -3.17. The number of hydrogen-bond acceptors (Lipinski definition) is 11. The summed E-state index contributed by atoms with van der Waals surface area (Å²) in [6.45, 7) is 4.06. The zero-order chi connectivity index (χ0) is 30.7. The van der Waals surface area contributed by atoms with E-state index in [-0.39, 0.29) is 17.8 Å². The molecule has 4 atom stereocenters. The van der Waals surface area contributed by atoms with Crippen LogP contribution in [0.3, 0.4) is 0 Å². The van der Waals surface area contributed by atoms with Gasteiger partial charge in [-0.1, -0.05) is 41.9 Å². The van der Waals surface area contributed by atoms with E-state index in [1.807, 2.05) is 30.3 Å². The average molecular weight is 641 g/mol. The van der Waals surface area contributed by atoms with E-state index in [1.165, 1.54) is 12.5 Å². The van der Waals surface area contributed by atoms with Gasteiger partial charge in [0.1, 0.15) is 23.9 Å². The summed E-state index contributed by atoms with van der Waals surface area (Å²) >= 11 is 7.54. The van der Waals surface area contributed by atoms with Gasteiger partial charge in [0.05, 0.1) is 33.5 Å². The van der Waals surface area contributed by atoms with Crippen LogP contribution in [-0.2, 0) is 25.6 Å². The van der Waals surface area contributed by atoms with Crippen LogP contribution < -0.4 is 10.0 Å². The molecule has 1 aromatic carbocycles. The number of aliphatic hydroxyl groups is 1. The van der Waals surface area contributed by atoms with Gasteiger partial charge in [0, 0.05) is 12.1 Å². The molecule has 15 heteroatoms. The van der Waals surface area contributed by atoms with Crippen molar-refractivity contribution in [2.24, 2.45) is 5.92 Å². The van der Waals surface area contributed by atoms with Crippen molar-refractivity contribution < 1.29 is 36.4 Å². The highest BCUT2D eigenvalue weighted by molar-refractivity contribution is 7.85. The van der Waals surface area contributed by atoms with Gasteiger partial charge in [0.15, 0.2) is 0 Å². The van der Waals surface area contributed by atoms with Crippen molar-refractivity contribution in [1.82, 2.24) is 14.7 Å². The maximum absolute atomic E-state index is 15.1. The molecule has 0 aliphatic heterocycles. The quantitative estimate of drug-likeness (QED) is 0.273. The molecule has 226 valence electrons. The highest BCUT2D eigenvalue weighted by atomic mass is 35.5. The Morgan fingerprint density at radius 1 is 1.24 bits per heavy atom. The fourth-order valence-electron chi connectivity index (χ4n) is 4.38. The summed E-state index contributed by atoms with van der Waals surface area (Å²) in [5.41, 5.74) is 0.946. The fraction of sp³-hybridized carbons (Fsp3) is 0.407. The predicted molar refractivity (Wildman–Crippen MR) is 155 cm³/mol. The number of carbonyl (C=O) groups is 2. The largest absolute Gasteiger partial charge is 0.443 e. The van der Waals surface area contributed by atoms with E-state index in [0.29, 0.717) is 15.6 Å². The van der Waals surface area contributed by atoms with Crippen LogP contribution in [0.5, 0.6) is 0 Å². The molecule has 0 saturated heterocycles. The van der Waals surface area contributed by atoms with Crippen LogP contribution in [0.15, 0.2) is 48.9 Å². The zero-order valence-electron chi connectivity index (χ0n) is 22.9. The average Bonchev–Trinajstić information content (AvgIpc) is 3.40. The minimum absolute atomic E-state index is 0.0461. The molecule has 3 N–H and O–H groups in total. The molecule has 1 aliphatic carbocycles. The SMILES string of the molecule is CC(C)(C)OC(=O)NS(=O)(=O)OC[C@H]1C[C@@H](Nc2ncncc2C(=O)c2cc(Cc3ccccc3)c(Cl)s2)[C@@H](F)[C@@H]1O. The second-order valence-corrected chi connectivity index (χ2v) is 13.7. The van der Waals surface area contributed by atoms with Gasteiger partial charge in [-0.05, 0) is 50.8 Å². The van der Waals surface area contributed by atoms with Crippen molar-refractivity contribution >= 4 is 50.9 Å². The van der Waals surface area contributed by atoms with Gasteiger partial charge in [0.25, 0.3) is 0 Å². The lowest BCUT2D eigenvalue weighted by molar-refractivity contribution is 0.0479. The topological polar surface area (TPSA) is 157 Å². The summed E-state index contributed by atoms with van der Waals surface area (Å²) < 4.78 is 51.1. The fourth-order valence-corrected chi connectivity index (χ4v) is 6.27. The van der Waals surface area contributed by atoms with Crippen molar-refractivity contribution in [3.05, 3.63) is 74.8 Å². The Morgan fingerprint density at radius 2 is 1.95 bits per heavy atom. The first kappa shape index (κ1) is 31.8. The first-order valence-electron chi connectivity index (χ1n) is 12.9. The van der Waals surface area contributed by atoms with Crippen molar-refractivity contribution in [2.45, 2.75) is 57.5 Å². The molecule has 2 heterocycles. The molecule has 42 heavy (non-hydrogen) atoms. The Labute approximate surface area is 251 Å². The Balaban J connectivity index is 1.42. The number of rotatable bonds is 10. The molecule has 0 spiro atoms. The second kappa shape index (κ2) is 13.0. The normalized spacial score (nSPS) is 20.7. The Bertz CT molecular complexity index is 1530. The third-order valence-corrected chi connectivity index (χ3v) is 8.59. The Kier molecular flexibility index (Phi) is 9.83. The zero-order valence-corrected chi connectivity index (χ0v) is 25.3. The number of benzene rings is 1. The summed E-state index contributed by atoms with van der Waals surface area (Å²) in [4.78, 5) is 33.6. The van der Waals surface area contributed by atoms with Gasteiger partial charge in [-0.15, -0.1) is 11.3 Å². The molecule has 0 unspecified atom stereocenters. The molecule has 3 aromatic rings. The van der Waals surface area contributed by atoms with E-state index in [0.717, 1.165) is 22.5 Å². The molecule has 0 radical (unpaired) electrons. The number of ketones is 1. The van der Waals surface area contributed by atoms with Gasteiger partial charge < -0.3 is 15.2 Å². The van der Waals surface area contributed by atoms with E-state index >= 15 is 4.39 Å². The number of hydrogen-bond donors (Lipinski definition) is 3. The number of thiophene rings is 1. The van der Waals surface area contributed by atoms with Crippen LogP contribution in [-0.4, -0.2) is 65.9 Å². The number of anilines is 1. The van der Waals surface area contributed by atoms with Crippen molar-refractivity contribution in [2.75, 3.05) is 11.9 Å². The van der Waals surface area contributed by atoms with Crippen LogP contribution in [0.2, 0.25) is 4.34 Å². The molecule has 1 aliphatic rings. The van der Waals surface area contributed by atoms with Gasteiger partial charge in [-0.3, -0.25) is 8.98 Å². The highest BCUT2D eigenvalue weighted by Crippen LogP contribution is 2.34. The summed E-state index contributed by atoms with van der Waals surface area (Å²) in [6.07, 6.45) is -1.70. The third-order valence-electron chi connectivity index (χ3n) is 6.29. The molecule has 0 bridgehead atoms. The number of carbonyl (C=O) groups excluding carboxylic acids is 2. The minimum Gasteiger partial charge on any atom is -0.443 e. The van der Waals surface area contributed by atoms with E-state index in [1.54, 1.807) is 31.6 Å². The molecular formula is C27H30ClFN4O7S2. The van der Waals surface area contributed by atoms with E-state index in [9.17, 15) is 23.1 Å². The van der Waals surface area contributed by atoms with Gasteiger partial charge >= 0.3 is 16.4 Å². The molecule has 1 amide bonds. The van der Waals surface area contributed by atoms with Crippen molar-refractivity contribution in [3.63, 3.8) is 0 Å². The smallest absolute Gasteiger partial charge is 0.423 e. The lowest BCUT2D eigenvalue weighted by Crippen LogP contribution is -2.38.